The number of likely N-dealkylation sites (N-methyl/N-ethyl adjacent to an activating group) is 1. The van der Waals surface area contributed by atoms with E-state index in [-0.39, 0.29) is 17.9 Å². The Bertz CT molecular complexity index is 228. The van der Waals surface area contributed by atoms with Crippen LogP contribution in [0.25, 0.3) is 0 Å². The monoisotopic (exact) mass is 184 g/mol. The van der Waals surface area contributed by atoms with E-state index < -0.39 is 0 Å². The van der Waals surface area contributed by atoms with E-state index in [9.17, 15) is 9.59 Å². The minimum Gasteiger partial charge on any atom is -0.326 e. The Morgan fingerprint density at radius 2 is 2.15 bits per heavy atom. The fourth-order valence-corrected chi connectivity index (χ4v) is 1.50. The predicted octanol–water partition coefficient (Wildman–Crippen LogP) is 0.721. The maximum absolute atomic E-state index is 11.5. The third-order valence-electron chi connectivity index (χ3n) is 2.53. The molecule has 1 fully saturated rings. The van der Waals surface area contributed by atoms with Crippen molar-refractivity contribution in [1.82, 2.24) is 9.80 Å². The molecule has 1 aliphatic heterocycles. The van der Waals surface area contributed by atoms with Crippen molar-refractivity contribution in [2.45, 2.75) is 26.3 Å². The molecular formula is C9H16N2O2. The minimum absolute atomic E-state index is 0.0331. The van der Waals surface area contributed by atoms with Crippen molar-refractivity contribution >= 4 is 11.8 Å². The molecule has 1 aliphatic rings. The highest BCUT2D eigenvalue weighted by molar-refractivity contribution is 5.88. The highest BCUT2D eigenvalue weighted by Crippen LogP contribution is 2.11. The van der Waals surface area contributed by atoms with Crippen molar-refractivity contribution in [2.75, 3.05) is 20.1 Å². The number of rotatable bonds is 3. The van der Waals surface area contributed by atoms with Crippen LogP contribution < -0.4 is 0 Å². The van der Waals surface area contributed by atoms with Crippen molar-refractivity contribution in [3.05, 3.63) is 0 Å². The van der Waals surface area contributed by atoms with Gasteiger partial charge < -0.3 is 9.80 Å². The summed E-state index contributed by atoms with van der Waals surface area (Å²) in [6.07, 6.45) is 0.495. The van der Waals surface area contributed by atoms with E-state index in [1.54, 1.807) is 23.8 Å². The van der Waals surface area contributed by atoms with Crippen LogP contribution in [0.15, 0.2) is 0 Å². The van der Waals surface area contributed by atoms with Crippen LogP contribution in [0.5, 0.6) is 0 Å². The lowest BCUT2D eigenvalue weighted by Crippen LogP contribution is -2.41. The van der Waals surface area contributed by atoms with Gasteiger partial charge >= 0.3 is 6.03 Å². The van der Waals surface area contributed by atoms with Crippen LogP contribution in [0.2, 0.25) is 0 Å². The van der Waals surface area contributed by atoms with Gasteiger partial charge in [-0.2, -0.15) is 0 Å². The van der Waals surface area contributed by atoms with Gasteiger partial charge in [-0.15, -0.1) is 0 Å². The number of amides is 2. The van der Waals surface area contributed by atoms with Crippen LogP contribution >= 0.6 is 0 Å². The molecule has 0 bridgehead atoms. The number of carbonyl (C=O) groups excluding carboxylic acids is 2. The van der Waals surface area contributed by atoms with Gasteiger partial charge in [0.15, 0.2) is 5.78 Å². The molecule has 0 spiro atoms. The van der Waals surface area contributed by atoms with Gasteiger partial charge in [-0.3, -0.25) is 4.79 Å². The minimum atomic E-state index is -0.262. The normalized spacial score (nSPS) is 19.5. The van der Waals surface area contributed by atoms with E-state index in [2.05, 4.69) is 0 Å². The maximum atomic E-state index is 11.5. The lowest BCUT2D eigenvalue weighted by Gasteiger charge is -2.22. The quantitative estimate of drug-likeness (QED) is 0.648. The van der Waals surface area contributed by atoms with E-state index >= 15 is 0 Å². The highest BCUT2D eigenvalue weighted by Gasteiger charge is 2.31. The first-order chi connectivity index (χ1) is 6.07. The number of hydrogen-bond acceptors (Lipinski definition) is 2. The summed E-state index contributed by atoms with van der Waals surface area (Å²) in [5.74, 6) is 0.128. The van der Waals surface area contributed by atoms with Crippen molar-refractivity contribution < 1.29 is 9.59 Å². The van der Waals surface area contributed by atoms with E-state index in [1.807, 2.05) is 6.92 Å². The zero-order valence-electron chi connectivity index (χ0n) is 8.41. The zero-order valence-corrected chi connectivity index (χ0v) is 8.41. The Hall–Kier alpha value is -1.06. The summed E-state index contributed by atoms with van der Waals surface area (Å²) in [6.45, 7) is 5.01. The Morgan fingerprint density at radius 1 is 1.54 bits per heavy atom. The molecule has 2 amide bonds. The summed E-state index contributed by atoms with van der Waals surface area (Å²) < 4.78 is 0. The van der Waals surface area contributed by atoms with Gasteiger partial charge in [0.05, 0.1) is 6.04 Å². The van der Waals surface area contributed by atoms with E-state index in [0.717, 1.165) is 6.54 Å². The molecule has 0 aliphatic carbocycles. The third-order valence-corrected chi connectivity index (χ3v) is 2.53. The fraction of sp³-hybridized carbons (Fsp3) is 0.778. The summed E-state index contributed by atoms with van der Waals surface area (Å²) in [4.78, 5) is 26.1. The molecule has 1 atom stereocenters. The van der Waals surface area contributed by atoms with Gasteiger partial charge in [0.25, 0.3) is 0 Å². The lowest BCUT2D eigenvalue weighted by atomic mass is 10.1. The fourth-order valence-electron chi connectivity index (χ4n) is 1.50. The van der Waals surface area contributed by atoms with Crippen LogP contribution in [-0.2, 0) is 4.79 Å². The molecule has 0 N–H and O–H groups in total. The summed E-state index contributed by atoms with van der Waals surface area (Å²) in [7, 11) is 1.76. The second kappa shape index (κ2) is 3.77. The zero-order chi connectivity index (χ0) is 10.0. The van der Waals surface area contributed by atoms with Gasteiger partial charge in [-0.25, -0.2) is 4.79 Å². The van der Waals surface area contributed by atoms with Crippen LogP contribution in [-0.4, -0.2) is 47.8 Å². The summed E-state index contributed by atoms with van der Waals surface area (Å²) >= 11 is 0. The molecule has 0 aromatic heterocycles. The maximum Gasteiger partial charge on any atom is 0.320 e. The number of Topliss-reactive ketones (excluding diaryl/α,β-unsaturated/α-hetero) is 1. The summed E-state index contributed by atoms with van der Waals surface area (Å²) in [5, 5.41) is 0. The molecule has 1 heterocycles. The second-order valence-electron chi connectivity index (χ2n) is 3.39. The van der Waals surface area contributed by atoms with Crippen LogP contribution in [0.4, 0.5) is 4.79 Å². The molecule has 4 heteroatoms. The number of ketones is 1. The van der Waals surface area contributed by atoms with Gasteiger partial charge in [0.2, 0.25) is 0 Å². The molecule has 0 aromatic carbocycles. The lowest BCUT2D eigenvalue weighted by molar-refractivity contribution is -0.122. The first kappa shape index (κ1) is 10.0. The number of urea groups is 1. The van der Waals surface area contributed by atoms with Gasteiger partial charge in [-0.1, -0.05) is 6.92 Å². The van der Waals surface area contributed by atoms with Crippen LogP contribution in [0.3, 0.4) is 0 Å². The molecule has 1 saturated heterocycles. The Balaban J connectivity index is 2.63. The topological polar surface area (TPSA) is 40.6 Å². The van der Waals surface area contributed by atoms with E-state index in [4.69, 9.17) is 0 Å². The van der Waals surface area contributed by atoms with Crippen molar-refractivity contribution in [2.24, 2.45) is 0 Å². The second-order valence-corrected chi connectivity index (χ2v) is 3.39. The number of hydrogen-bond donors (Lipinski definition) is 0. The molecule has 0 radical (unpaired) electrons. The third kappa shape index (κ3) is 1.82. The first-order valence-electron chi connectivity index (χ1n) is 4.62. The SMILES string of the molecule is CCC(=O)C(C)N1CCN(C)C1=O. The van der Waals surface area contributed by atoms with E-state index in [1.165, 1.54) is 0 Å². The molecule has 4 nitrogen and oxygen atoms in total. The number of nitrogens with zero attached hydrogens (tertiary/aromatic N) is 2. The standard InChI is InChI=1S/C9H16N2O2/c1-4-8(12)7(2)11-6-5-10(3)9(11)13/h7H,4-6H2,1-3H3. The molecule has 74 valence electrons. The van der Waals surface area contributed by atoms with Crippen molar-refractivity contribution in [3.8, 4) is 0 Å². The summed E-state index contributed by atoms with van der Waals surface area (Å²) in [5.41, 5.74) is 0. The van der Waals surface area contributed by atoms with Crippen molar-refractivity contribution in [3.63, 3.8) is 0 Å². The molecule has 0 saturated carbocycles. The highest BCUT2D eigenvalue weighted by atomic mass is 16.2. The van der Waals surface area contributed by atoms with Gasteiger partial charge in [0.1, 0.15) is 0 Å². The smallest absolute Gasteiger partial charge is 0.320 e. The Morgan fingerprint density at radius 3 is 2.54 bits per heavy atom. The average molecular weight is 184 g/mol. The Kier molecular flexibility index (Phi) is 2.90. The molecular weight excluding hydrogens is 168 g/mol. The first-order valence-corrected chi connectivity index (χ1v) is 4.62. The molecule has 1 rings (SSSR count). The average Bonchev–Trinajstić information content (AvgIpc) is 2.45. The molecule has 0 aromatic rings. The van der Waals surface area contributed by atoms with E-state index in [0.29, 0.717) is 13.0 Å². The largest absolute Gasteiger partial charge is 0.326 e. The summed E-state index contributed by atoms with van der Waals surface area (Å²) in [6, 6.07) is -0.295. The molecule has 1 unspecified atom stereocenters. The van der Waals surface area contributed by atoms with Gasteiger partial charge in [-0.05, 0) is 6.92 Å². The van der Waals surface area contributed by atoms with Crippen LogP contribution in [0.1, 0.15) is 20.3 Å². The number of carbonyl (C=O) groups is 2. The predicted molar refractivity (Wildman–Crippen MR) is 49.5 cm³/mol. The van der Waals surface area contributed by atoms with Gasteiger partial charge in [0, 0.05) is 26.6 Å². The van der Waals surface area contributed by atoms with Crippen LogP contribution in [0, 0.1) is 0 Å². The molecule has 13 heavy (non-hydrogen) atoms. The Labute approximate surface area is 78.5 Å². The van der Waals surface area contributed by atoms with Crippen molar-refractivity contribution in [1.29, 1.82) is 0 Å².